The molecule has 1 atom stereocenters. The molecule has 2 amide bonds. The van der Waals surface area contributed by atoms with Crippen molar-refractivity contribution in [2.75, 3.05) is 27.2 Å². The van der Waals surface area contributed by atoms with E-state index in [-0.39, 0.29) is 36.5 Å². The maximum Gasteiger partial charge on any atom is 0.240 e. The number of hydrogen-bond acceptors (Lipinski definition) is 3. The Bertz CT molecular complexity index is 629. The quantitative estimate of drug-likeness (QED) is 0.813. The van der Waals surface area contributed by atoms with Crippen LogP contribution in [0.5, 0.6) is 0 Å². The van der Waals surface area contributed by atoms with E-state index in [0.717, 1.165) is 5.56 Å². The fraction of sp³-hybridized carbons (Fsp3) is 0.556. The Labute approximate surface area is 160 Å². The van der Waals surface area contributed by atoms with Crippen LogP contribution in [0.4, 0.5) is 0 Å². The summed E-state index contributed by atoms with van der Waals surface area (Å²) in [4.78, 5) is 27.6. The summed E-state index contributed by atoms with van der Waals surface area (Å²) in [6, 6.07) is 5.26. The Kier molecular flexibility index (Phi) is 7.72. The molecule has 1 aromatic carbocycles. The topological polar surface area (TPSA) is 52.7 Å². The zero-order valence-corrected chi connectivity index (χ0v) is 17.2. The predicted octanol–water partition coefficient (Wildman–Crippen LogP) is 3.36. The molecule has 1 unspecified atom stereocenters. The molecule has 0 heterocycles. The Balaban J connectivity index is 2.64. The van der Waals surface area contributed by atoms with Gasteiger partial charge in [-0.3, -0.25) is 14.5 Å². The van der Waals surface area contributed by atoms with Crippen LogP contribution in [0.15, 0.2) is 18.2 Å². The molecular weight excluding hydrogens is 361 g/mol. The van der Waals surface area contributed by atoms with E-state index in [1.54, 1.807) is 19.2 Å². The van der Waals surface area contributed by atoms with E-state index < -0.39 is 0 Å². The number of halogens is 2. The van der Waals surface area contributed by atoms with Crippen molar-refractivity contribution >= 4 is 35.0 Å². The lowest BCUT2D eigenvalue weighted by Gasteiger charge is -2.28. The van der Waals surface area contributed by atoms with E-state index in [9.17, 15) is 9.59 Å². The van der Waals surface area contributed by atoms with E-state index in [4.69, 9.17) is 23.2 Å². The van der Waals surface area contributed by atoms with Crippen molar-refractivity contribution in [2.45, 2.75) is 39.3 Å². The van der Waals surface area contributed by atoms with Crippen molar-refractivity contribution in [3.05, 3.63) is 33.8 Å². The summed E-state index contributed by atoms with van der Waals surface area (Å²) < 4.78 is 0. The highest BCUT2D eigenvalue weighted by Gasteiger charge is 2.21. The number of hydrogen-bond donors (Lipinski definition) is 1. The van der Waals surface area contributed by atoms with Crippen molar-refractivity contribution in [3.8, 4) is 0 Å². The van der Waals surface area contributed by atoms with Gasteiger partial charge in [-0.2, -0.15) is 0 Å². The van der Waals surface area contributed by atoms with Gasteiger partial charge >= 0.3 is 0 Å². The van der Waals surface area contributed by atoms with Crippen LogP contribution in [-0.2, 0) is 9.59 Å². The highest BCUT2D eigenvalue weighted by atomic mass is 35.5. The van der Waals surface area contributed by atoms with Gasteiger partial charge in [0.15, 0.2) is 0 Å². The number of carbonyl (C=O) groups excluding carboxylic acids is 2. The zero-order chi connectivity index (χ0) is 19.4. The molecule has 0 aliphatic heterocycles. The summed E-state index contributed by atoms with van der Waals surface area (Å²) >= 11 is 12.2. The van der Waals surface area contributed by atoms with Crippen molar-refractivity contribution in [1.82, 2.24) is 15.1 Å². The Morgan fingerprint density at radius 2 is 1.76 bits per heavy atom. The van der Waals surface area contributed by atoms with E-state index in [1.165, 1.54) is 4.90 Å². The van der Waals surface area contributed by atoms with Gasteiger partial charge in [0.05, 0.1) is 13.1 Å². The van der Waals surface area contributed by atoms with E-state index in [1.807, 2.05) is 45.7 Å². The summed E-state index contributed by atoms with van der Waals surface area (Å²) in [7, 11) is 3.47. The smallest absolute Gasteiger partial charge is 0.240 e. The van der Waals surface area contributed by atoms with Crippen molar-refractivity contribution in [1.29, 1.82) is 0 Å². The number of amides is 2. The molecule has 1 aromatic rings. The van der Waals surface area contributed by atoms with Crippen LogP contribution in [0.1, 0.15) is 39.3 Å². The van der Waals surface area contributed by atoms with E-state index in [0.29, 0.717) is 10.0 Å². The normalized spacial score (nSPS) is 12.8. The first-order chi connectivity index (χ1) is 11.4. The average molecular weight is 388 g/mol. The van der Waals surface area contributed by atoms with Crippen molar-refractivity contribution in [3.63, 3.8) is 0 Å². The number of benzene rings is 1. The minimum Gasteiger partial charge on any atom is -0.350 e. The standard InChI is InChI=1S/C18H27Cl2N3O2/c1-12(14-8-7-13(19)9-15(14)20)22(5)11-17(25)23(6)10-16(24)21-18(2,3)4/h7-9,12H,10-11H2,1-6H3,(H,21,24). The average Bonchev–Trinajstić information content (AvgIpc) is 2.44. The Morgan fingerprint density at radius 3 is 2.28 bits per heavy atom. The molecule has 140 valence electrons. The number of nitrogens with one attached hydrogen (secondary N) is 1. The first-order valence-electron chi connectivity index (χ1n) is 8.11. The fourth-order valence-corrected chi connectivity index (χ4v) is 2.88. The summed E-state index contributed by atoms with van der Waals surface area (Å²) in [5, 5.41) is 3.98. The monoisotopic (exact) mass is 387 g/mol. The van der Waals surface area contributed by atoms with Gasteiger partial charge in [-0.05, 0) is 52.4 Å². The van der Waals surface area contributed by atoms with Gasteiger partial charge in [0.1, 0.15) is 0 Å². The number of rotatable bonds is 6. The SMILES string of the molecule is CC(c1ccc(Cl)cc1Cl)N(C)CC(=O)N(C)CC(=O)NC(C)(C)C. The molecule has 0 aliphatic carbocycles. The molecule has 0 aromatic heterocycles. The molecule has 25 heavy (non-hydrogen) atoms. The van der Waals surface area contributed by atoms with E-state index in [2.05, 4.69) is 5.32 Å². The minimum absolute atomic E-state index is 0.0278. The Hall–Kier alpha value is -1.30. The summed E-state index contributed by atoms with van der Waals surface area (Å²) in [6.45, 7) is 7.88. The van der Waals surface area contributed by atoms with Crippen LogP contribution in [0, 0.1) is 0 Å². The second-order valence-corrected chi connectivity index (χ2v) is 8.15. The van der Waals surface area contributed by atoms with Crippen LogP contribution in [0.2, 0.25) is 10.0 Å². The number of carbonyl (C=O) groups is 2. The summed E-state index contributed by atoms with van der Waals surface area (Å²) in [6.07, 6.45) is 0. The molecule has 0 saturated carbocycles. The van der Waals surface area contributed by atoms with Crippen LogP contribution >= 0.6 is 23.2 Å². The maximum absolute atomic E-state index is 12.4. The third-order valence-corrected chi connectivity index (χ3v) is 4.34. The lowest BCUT2D eigenvalue weighted by Crippen LogP contribution is -2.47. The molecule has 1 rings (SSSR count). The molecular formula is C18H27Cl2N3O2. The fourth-order valence-electron chi connectivity index (χ4n) is 2.31. The molecule has 0 aliphatic rings. The van der Waals surface area contributed by atoms with Gasteiger partial charge in [-0.25, -0.2) is 0 Å². The van der Waals surface area contributed by atoms with Gasteiger partial charge in [-0.15, -0.1) is 0 Å². The second kappa shape index (κ2) is 8.88. The molecule has 5 nitrogen and oxygen atoms in total. The lowest BCUT2D eigenvalue weighted by atomic mass is 10.1. The van der Waals surface area contributed by atoms with E-state index >= 15 is 0 Å². The third kappa shape index (κ3) is 7.22. The molecule has 7 heteroatoms. The number of nitrogens with zero attached hydrogens (tertiary/aromatic N) is 2. The lowest BCUT2D eigenvalue weighted by molar-refractivity contribution is -0.136. The maximum atomic E-state index is 12.4. The van der Waals surface area contributed by atoms with Gasteiger partial charge in [0, 0.05) is 28.7 Å². The first-order valence-corrected chi connectivity index (χ1v) is 8.86. The third-order valence-electron chi connectivity index (χ3n) is 3.78. The largest absolute Gasteiger partial charge is 0.350 e. The second-order valence-electron chi connectivity index (χ2n) is 7.30. The molecule has 0 spiro atoms. The highest BCUT2D eigenvalue weighted by Crippen LogP contribution is 2.28. The molecule has 0 radical (unpaired) electrons. The molecule has 0 saturated heterocycles. The van der Waals surface area contributed by atoms with Crippen LogP contribution < -0.4 is 5.32 Å². The Morgan fingerprint density at radius 1 is 1.16 bits per heavy atom. The van der Waals surface area contributed by atoms with Gasteiger partial charge in [0.2, 0.25) is 11.8 Å². The minimum atomic E-state index is -0.322. The zero-order valence-electron chi connectivity index (χ0n) is 15.7. The van der Waals surface area contributed by atoms with Crippen LogP contribution in [-0.4, -0.2) is 54.3 Å². The predicted molar refractivity (Wildman–Crippen MR) is 103 cm³/mol. The van der Waals surface area contributed by atoms with Gasteiger partial charge in [-0.1, -0.05) is 29.3 Å². The number of likely N-dealkylation sites (N-methyl/N-ethyl adjacent to an activating group) is 2. The van der Waals surface area contributed by atoms with Crippen LogP contribution in [0.25, 0.3) is 0 Å². The summed E-state index contributed by atoms with van der Waals surface area (Å²) in [5.41, 5.74) is 0.576. The van der Waals surface area contributed by atoms with Crippen molar-refractivity contribution in [2.24, 2.45) is 0 Å². The van der Waals surface area contributed by atoms with Crippen molar-refractivity contribution < 1.29 is 9.59 Å². The van der Waals surface area contributed by atoms with Gasteiger partial charge in [0.25, 0.3) is 0 Å². The van der Waals surface area contributed by atoms with Gasteiger partial charge < -0.3 is 10.2 Å². The summed E-state index contributed by atoms with van der Waals surface area (Å²) in [5.74, 6) is -0.316. The first kappa shape index (κ1) is 21.7. The highest BCUT2D eigenvalue weighted by molar-refractivity contribution is 6.35. The molecule has 1 N–H and O–H groups in total. The molecule has 0 bridgehead atoms. The van der Waals surface area contributed by atoms with Crippen LogP contribution in [0.3, 0.4) is 0 Å². The molecule has 0 fully saturated rings.